The summed E-state index contributed by atoms with van der Waals surface area (Å²) in [7, 11) is 0. The summed E-state index contributed by atoms with van der Waals surface area (Å²) < 4.78 is 7.65. The van der Waals surface area contributed by atoms with Gasteiger partial charge in [-0.2, -0.15) is 5.10 Å². The second kappa shape index (κ2) is 6.88. The van der Waals surface area contributed by atoms with Crippen LogP contribution in [0.25, 0.3) is 0 Å². The number of rotatable bonds is 7. The minimum atomic E-state index is 0.594. The first-order valence-corrected chi connectivity index (χ1v) is 7.06. The third kappa shape index (κ3) is 3.26. The summed E-state index contributed by atoms with van der Waals surface area (Å²) >= 11 is 0. The Morgan fingerprint density at radius 1 is 1.25 bits per heavy atom. The minimum absolute atomic E-state index is 0.594. The summed E-state index contributed by atoms with van der Waals surface area (Å²) in [4.78, 5) is 8.53. The van der Waals surface area contributed by atoms with Crippen LogP contribution < -0.4 is 10.1 Å². The Hall–Kier alpha value is -2.11. The molecular formula is C14H21N5O. The SMILES string of the molecule is CCCNc1ncnc(Oc2cnn(CC)c2)c1CC. The molecule has 0 atom stereocenters. The highest BCUT2D eigenvalue weighted by molar-refractivity contribution is 5.49. The average molecular weight is 275 g/mol. The normalized spacial score (nSPS) is 10.6. The van der Waals surface area contributed by atoms with Crippen molar-refractivity contribution in [2.75, 3.05) is 11.9 Å². The molecule has 0 amide bonds. The molecular weight excluding hydrogens is 254 g/mol. The van der Waals surface area contributed by atoms with Crippen molar-refractivity contribution >= 4 is 5.82 Å². The van der Waals surface area contributed by atoms with Crippen LogP contribution in [0.4, 0.5) is 5.82 Å². The molecule has 2 rings (SSSR count). The van der Waals surface area contributed by atoms with Gasteiger partial charge in [-0.3, -0.25) is 4.68 Å². The zero-order valence-corrected chi connectivity index (χ0v) is 12.3. The molecule has 0 unspecified atom stereocenters. The monoisotopic (exact) mass is 275 g/mol. The van der Waals surface area contributed by atoms with Gasteiger partial charge in [0.25, 0.3) is 0 Å². The van der Waals surface area contributed by atoms with Crippen LogP contribution >= 0.6 is 0 Å². The van der Waals surface area contributed by atoms with Crippen LogP contribution in [0.2, 0.25) is 0 Å². The molecule has 2 heterocycles. The van der Waals surface area contributed by atoms with Gasteiger partial charge >= 0.3 is 0 Å². The van der Waals surface area contributed by atoms with E-state index in [1.54, 1.807) is 6.20 Å². The summed E-state index contributed by atoms with van der Waals surface area (Å²) in [6.07, 6.45) is 6.94. The molecule has 6 nitrogen and oxygen atoms in total. The van der Waals surface area contributed by atoms with Crippen molar-refractivity contribution in [3.63, 3.8) is 0 Å². The number of aromatic nitrogens is 4. The number of hydrogen-bond acceptors (Lipinski definition) is 5. The first-order valence-electron chi connectivity index (χ1n) is 7.06. The number of anilines is 1. The van der Waals surface area contributed by atoms with Gasteiger partial charge in [-0.05, 0) is 19.8 Å². The highest BCUT2D eigenvalue weighted by atomic mass is 16.5. The summed E-state index contributed by atoms with van der Waals surface area (Å²) in [5, 5.41) is 7.50. The maximum Gasteiger partial charge on any atom is 0.227 e. The van der Waals surface area contributed by atoms with Gasteiger partial charge in [0.15, 0.2) is 5.75 Å². The van der Waals surface area contributed by atoms with Crippen LogP contribution in [0.5, 0.6) is 11.6 Å². The molecule has 0 aliphatic carbocycles. The first kappa shape index (κ1) is 14.3. The van der Waals surface area contributed by atoms with E-state index in [9.17, 15) is 0 Å². The van der Waals surface area contributed by atoms with Gasteiger partial charge in [0.1, 0.15) is 12.1 Å². The fraction of sp³-hybridized carbons (Fsp3) is 0.500. The minimum Gasteiger partial charge on any atom is -0.435 e. The summed E-state index contributed by atoms with van der Waals surface area (Å²) in [5.41, 5.74) is 0.991. The molecule has 0 spiro atoms. The van der Waals surface area contributed by atoms with Crippen LogP contribution in [0, 0.1) is 0 Å². The average Bonchev–Trinajstić information content (AvgIpc) is 2.93. The van der Waals surface area contributed by atoms with Crippen molar-refractivity contribution in [2.24, 2.45) is 0 Å². The molecule has 0 saturated heterocycles. The first-order chi connectivity index (χ1) is 9.78. The van der Waals surface area contributed by atoms with E-state index in [2.05, 4.69) is 34.2 Å². The van der Waals surface area contributed by atoms with Gasteiger partial charge in [-0.25, -0.2) is 9.97 Å². The Labute approximate surface area is 119 Å². The van der Waals surface area contributed by atoms with Crippen molar-refractivity contribution in [1.82, 2.24) is 19.7 Å². The largest absolute Gasteiger partial charge is 0.435 e. The van der Waals surface area contributed by atoms with Crippen LogP contribution in [-0.4, -0.2) is 26.3 Å². The summed E-state index contributed by atoms with van der Waals surface area (Å²) in [6, 6.07) is 0. The standard InChI is InChI=1S/C14H21N5O/c1-4-7-15-13-12(5-2)14(17-10-16-13)20-11-8-18-19(6-3)9-11/h8-10H,4-7H2,1-3H3,(H,15,16,17). The smallest absolute Gasteiger partial charge is 0.227 e. The molecule has 0 saturated carbocycles. The van der Waals surface area contributed by atoms with Crippen molar-refractivity contribution in [2.45, 2.75) is 40.2 Å². The molecule has 1 N–H and O–H groups in total. The zero-order chi connectivity index (χ0) is 14.4. The zero-order valence-electron chi connectivity index (χ0n) is 12.3. The van der Waals surface area contributed by atoms with Crippen LogP contribution in [0.1, 0.15) is 32.8 Å². The molecule has 108 valence electrons. The third-order valence-electron chi connectivity index (χ3n) is 2.95. The Kier molecular flexibility index (Phi) is 4.92. The fourth-order valence-corrected chi connectivity index (χ4v) is 1.88. The molecule has 0 bridgehead atoms. The second-order valence-electron chi connectivity index (χ2n) is 4.42. The third-order valence-corrected chi connectivity index (χ3v) is 2.95. The van der Waals surface area contributed by atoms with Crippen molar-refractivity contribution in [3.05, 3.63) is 24.3 Å². The molecule has 2 aromatic heterocycles. The van der Waals surface area contributed by atoms with E-state index < -0.39 is 0 Å². The lowest BCUT2D eigenvalue weighted by molar-refractivity contribution is 0.454. The van der Waals surface area contributed by atoms with E-state index in [0.717, 1.165) is 37.3 Å². The van der Waals surface area contributed by atoms with E-state index in [4.69, 9.17) is 4.74 Å². The molecule has 0 aliphatic heterocycles. The number of nitrogens with zero attached hydrogens (tertiary/aromatic N) is 4. The highest BCUT2D eigenvalue weighted by Gasteiger charge is 2.12. The predicted octanol–water partition coefficient (Wildman–Crippen LogP) is 2.87. The topological polar surface area (TPSA) is 64.9 Å². The van der Waals surface area contributed by atoms with Gasteiger partial charge in [0.05, 0.1) is 18.0 Å². The van der Waals surface area contributed by atoms with Gasteiger partial charge in [0, 0.05) is 13.1 Å². The Balaban J connectivity index is 2.21. The van der Waals surface area contributed by atoms with Gasteiger partial charge < -0.3 is 10.1 Å². The van der Waals surface area contributed by atoms with E-state index in [0.29, 0.717) is 11.6 Å². The quantitative estimate of drug-likeness (QED) is 0.841. The van der Waals surface area contributed by atoms with E-state index in [-0.39, 0.29) is 0 Å². The predicted molar refractivity (Wildman–Crippen MR) is 78.2 cm³/mol. The van der Waals surface area contributed by atoms with Crippen LogP contribution in [-0.2, 0) is 13.0 Å². The lowest BCUT2D eigenvalue weighted by Gasteiger charge is -2.12. The molecule has 0 radical (unpaired) electrons. The number of nitrogens with one attached hydrogen (secondary N) is 1. The van der Waals surface area contributed by atoms with Crippen LogP contribution in [0.3, 0.4) is 0 Å². The van der Waals surface area contributed by atoms with Gasteiger partial charge in [-0.15, -0.1) is 0 Å². The number of aryl methyl sites for hydroxylation is 1. The van der Waals surface area contributed by atoms with Crippen LogP contribution in [0.15, 0.2) is 18.7 Å². The Morgan fingerprint density at radius 3 is 2.75 bits per heavy atom. The fourth-order valence-electron chi connectivity index (χ4n) is 1.88. The molecule has 0 fully saturated rings. The van der Waals surface area contributed by atoms with Crippen molar-refractivity contribution < 1.29 is 4.74 Å². The van der Waals surface area contributed by atoms with Crippen molar-refractivity contribution in [1.29, 1.82) is 0 Å². The Morgan fingerprint density at radius 2 is 2.10 bits per heavy atom. The van der Waals surface area contributed by atoms with E-state index in [1.165, 1.54) is 6.33 Å². The van der Waals surface area contributed by atoms with Crippen molar-refractivity contribution in [3.8, 4) is 11.6 Å². The lowest BCUT2D eigenvalue weighted by Crippen LogP contribution is -2.07. The number of hydrogen-bond donors (Lipinski definition) is 1. The van der Waals surface area contributed by atoms with E-state index in [1.807, 2.05) is 17.8 Å². The number of ether oxygens (including phenoxy) is 1. The maximum absolute atomic E-state index is 5.83. The molecule has 0 aromatic carbocycles. The van der Waals surface area contributed by atoms with Gasteiger partial charge in [-0.1, -0.05) is 13.8 Å². The lowest BCUT2D eigenvalue weighted by atomic mass is 10.2. The summed E-state index contributed by atoms with van der Waals surface area (Å²) in [6.45, 7) is 7.93. The molecule has 20 heavy (non-hydrogen) atoms. The maximum atomic E-state index is 5.83. The summed E-state index contributed by atoms with van der Waals surface area (Å²) in [5.74, 6) is 2.14. The molecule has 6 heteroatoms. The molecule has 2 aromatic rings. The Bertz CT molecular complexity index is 552. The molecule has 0 aliphatic rings. The van der Waals surface area contributed by atoms with E-state index >= 15 is 0 Å². The second-order valence-corrected chi connectivity index (χ2v) is 4.42. The highest BCUT2D eigenvalue weighted by Crippen LogP contribution is 2.27. The van der Waals surface area contributed by atoms with Gasteiger partial charge in [0.2, 0.25) is 5.88 Å².